The molecule has 0 aromatic heterocycles. The van der Waals surface area contributed by atoms with Gasteiger partial charge in [-0.05, 0) is 43.4 Å². The quantitative estimate of drug-likeness (QED) is 0.334. The van der Waals surface area contributed by atoms with E-state index in [0.29, 0.717) is 11.8 Å². The van der Waals surface area contributed by atoms with E-state index in [1.54, 1.807) is 7.11 Å². The Hall–Kier alpha value is -1.96. The lowest BCUT2D eigenvalue weighted by molar-refractivity contribution is 0.415. The number of ether oxygens (including phenoxy) is 1. The Morgan fingerprint density at radius 3 is 2.68 bits per heavy atom. The number of anilines is 1. The molecule has 0 saturated carbocycles. The number of rotatable bonds is 6. The number of halogens is 1. The number of methoxy groups -OCH3 is 1. The van der Waals surface area contributed by atoms with Crippen LogP contribution in [-0.4, -0.2) is 57.2 Å². The minimum Gasteiger partial charge on any atom is -0.497 e. The van der Waals surface area contributed by atoms with Gasteiger partial charge >= 0.3 is 0 Å². The third-order valence-electron chi connectivity index (χ3n) is 6.30. The minimum atomic E-state index is 0. The monoisotopic (exact) mass is 534 g/mol. The summed E-state index contributed by atoms with van der Waals surface area (Å²) in [5, 5.41) is 3.52. The largest absolute Gasteiger partial charge is 0.497 e. The molecule has 0 spiro atoms. The predicted octanol–water partition coefficient (Wildman–Crippen LogP) is 4.59. The third-order valence-corrected chi connectivity index (χ3v) is 6.30. The van der Waals surface area contributed by atoms with Gasteiger partial charge in [0, 0.05) is 56.9 Å². The summed E-state index contributed by atoms with van der Waals surface area (Å²) in [5.41, 5.74) is 2.69. The SMILES string of the molecule is CCNC(=NCC1CCN(c2cccc(OC)c2)C1)N1CCC(c2ccccc2)C1.I. The predicted molar refractivity (Wildman–Crippen MR) is 140 cm³/mol. The highest BCUT2D eigenvalue weighted by atomic mass is 127. The Morgan fingerprint density at radius 2 is 1.90 bits per heavy atom. The first-order valence-electron chi connectivity index (χ1n) is 11.2. The van der Waals surface area contributed by atoms with Crippen molar-refractivity contribution in [1.29, 1.82) is 0 Å². The number of hydrogen-bond donors (Lipinski definition) is 1. The average Bonchev–Trinajstić information content (AvgIpc) is 3.47. The standard InChI is InChI=1S/C25H34N4O.HI/c1-3-26-25(29-15-13-22(19-29)21-8-5-4-6-9-21)27-17-20-12-14-28(18-20)23-10-7-11-24(16-23)30-2;/h4-11,16,20,22H,3,12-15,17-19H2,1-2H3,(H,26,27);1H. The zero-order chi connectivity index (χ0) is 20.8. The van der Waals surface area contributed by atoms with Crippen molar-refractivity contribution in [2.75, 3.05) is 51.3 Å². The van der Waals surface area contributed by atoms with Gasteiger partial charge in [0.05, 0.1) is 7.11 Å². The molecular weight excluding hydrogens is 499 g/mol. The summed E-state index contributed by atoms with van der Waals surface area (Å²) in [5.74, 6) is 3.20. The van der Waals surface area contributed by atoms with Crippen molar-refractivity contribution in [3.8, 4) is 5.75 Å². The molecule has 2 heterocycles. The normalized spacial score (nSPS) is 21.2. The summed E-state index contributed by atoms with van der Waals surface area (Å²) in [7, 11) is 1.73. The zero-order valence-corrected chi connectivity index (χ0v) is 21.0. The zero-order valence-electron chi connectivity index (χ0n) is 18.7. The lowest BCUT2D eigenvalue weighted by Gasteiger charge is -2.22. The van der Waals surface area contributed by atoms with Crippen molar-refractivity contribution in [1.82, 2.24) is 10.2 Å². The molecule has 1 N–H and O–H groups in total. The fourth-order valence-electron chi connectivity index (χ4n) is 4.61. The Labute approximate surface area is 203 Å². The van der Waals surface area contributed by atoms with Gasteiger partial charge in [0.1, 0.15) is 5.75 Å². The van der Waals surface area contributed by atoms with Crippen LogP contribution in [-0.2, 0) is 0 Å². The highest BCUT2D eigenvalue weighted by molar-refractivity contribution is 14.0. The molecule has 2 unspecified atom stereocenters. The van der Waals surface area contributed by atoms with Gasteiger partial charge in [0.2, 0.25) is 0 Å². The highest BCUT2D eigenvalue weighted by Gasteiger charge is 2.27. The molecule has 2 aliphatic rings. The maximum absolute atomic E-state index is 5.38. The van der Waals surface area contributed by atoms with E-state index in [1.807, 2.05) is 6.07 Å². The van der Waals surface area contributed by atoms with Gasteiger partial charge in [0.25, 0.3) is 0 Å². The molecule has 31 heavy (non-hydrogen) atoms. The molecule has 2 saturated heterocycles. The number of aliphatic imine (C=N–C) groups is 1. The van der Waals surface area contributed by atoms with Crippen molar-refractivity contribution < 1.29 is 4.74 Å². The second-order valence-corrected chi connectivity index (χ2v) is 8.34. The van der Waals surface area contributed by atoms with Gasteiger partial charge in [-0.3, -0.25) is 4.99 Å². The fraction of sp³-hybridized carbons (Fsp3) is 0.480. The third kappa shape index (κ3) is 6.05. The Morgan fingerprint density at radius 1 is 1.06 bits per heavy atom. The maximum atomic E-state index is 5.38. The Kier molecular flexibility index (Phi) is 8.87. The van der Waals surface area contributed by atoms with Crippen molar-refractivity contribution >= 4 is 35.6 Å². The van der Waals surface area contributed by atoms with Crippen LogP contribution in [0.25, 0.3) is 0 Å². The van der Waals surface area contributed by atoms with Crippen molar-refractivity contribution in [3.05, 3.63) is 60.2 Å². The lowest BCUT2D eigenvalue weighted by atomic mass is 9.99. The molecule has 2 fully saturated rings. The molecular formula is C25H35IN4O. The first-order valence-corrected chi connectivity index (χ1v) is 11.2. The van der Waals surface area contributed by atoms with E-state index in [9.17, 15) is 0 Å². The lowest BCUT2D eigenvalue weighted by Crippen LogP contribution is -2.40. The molecule has 4 rings (SSSR count). The van der Waals surface area contributed by atoms with Gasteiger partial charge in [-0.15, -0.1) is 24.0 Å². The van der Waals surface area contributed by atoms with Crippen LogP contribution in [0.4, 0.5) is 5.69 Å². The molecule has 0 radical (unpaired) electrons. The molecule has 6 heteroatoms. The van der Waals surface area contributed by atoms with Crippen LogP contribution in [0.5, 0.6) is 5.75 Å². The van der Waals surface area contributed by atoms with E-state index >= 15 is 0 Å². The molecule has 0 aliphatic carbocycles. The first kappa shape index (κ1) is 23.7. The number of benzene rings is 2. The van der Waals surface area contributed by atoms with Crippen LogP contribution < -0.4 is 15.0 Å². The van der Waals surface area contributed by atoms with E-state index in [2.05, 4.69) is 70.6 Å². The number of guanidine groups is 1. The molecule has 0 amide bonds. The number of hydrogen-bond acceptors (Lipinski definition) is 3. The van der Waals surface area contributed by atoms with Crippen LogP contribution in [0, 0.1) is 5.92 Å². The molecule has 2 aromatic carbocycles. The second-order valence-electron chi connectivity index (χ2n) is 8.34. The smallest absolute Gasteiger partial charge is 0.193 e. The van der Waals surface area contributed by atoms with Gasteiger partial charge < -0.3 is 19.9 Å². The molecule has 168 valence electrons. The number of likely N-dealkylation sites (tertiary alicyclic amines) is 1. The summed E-state index contributed by atoms with van der Waals surface area (Å²) in [6, 6.07) is 19.3. The van der Waals surface area contributed by atoms with Crippen molar-refractivity contribution in [2.45, 2.75) is 25.7 Å². The first-order chi connectivity index (χ1) is 14.8. The number of nitrogens with one attached hydrogen (secondary N) is 1. The van der Waals surface area contributed by atoms with Gasteiger partial charge in [-0.25, -0.2) is 0 Å². The van der Waals surface area contributed by atoms with E-state index in [4.69, 9.17) is 9.73 Å². The Balaban J connectivity index is 0.00000272. The topological polar surface area (TPSA) is 40.1 Å². The van der Waals surface area contributed by atoms with Gasteiger partial charge in [0.15, 0.2) is 5.96 Å². The van der Waals surface area contributed by atoms with Crippen LogP contribution in [0.15, 0.2) is 59.6 Å². The highest BCUT2D eigenvalue weighted by Crippen LogP contribution is 2.28. The van der Waals surface area contributed by atoms with Crippen LogP contribution >= 0.6 is 24.0 Å². The summed E-state index contributed by atoms with van der Waals surface area (Å²) in [4.78, 5) is 9.94. The minimum absolute atomic E-state index is 0. The van der Waals surface area contributed by atoms with Crippen molar-refractivity contribution in [2.24, 2.45) is 10.9 Å². The van der Waals surface area contributed by atoms with E-state index in [0.717, 1.165) is 51.0 Å². The molecule has 2 aliphatic heterocycles. The van der Waals surface area contributed by atoms with Gasteiger partial charge in [-0.2, -0.15) is 0 Å². The van der Waals surface area contributed by atoms with Crippen LogP contribution in [0.2, 0.25) is 0 Å². The second kappa shape index (κ2) is 11.6. The van der Waals surface area contributed by atoms with Gasteiger partial charge in [-0.1, -0.05) is 36.4 Å². The Bertz CT molecular complexity index is 844. The van der Waals surface area contributed by atoms with E-state index < -0.39 is 0 Å². The molecule has 5 nitrogen and oxygen atoms in total. The molecule has 2 aromatic rings. The summed E-state index contributed by atoms with van der Waals surface area (Å²) < 4.78 is 5.38. The molecule has 2 atom stereocenters. The van der Waals surface area contributed by atoms with Crippen LogP contribution in [0.3, 0.4) is 0 Å². The average molecular weight is 534 g/mol. The summed E-state index contributed by atoms with van der Waals surface area (Å²) in [6.45, 7) is 8.22. The van der Waals surface area contributed by atoms with E-state index in [1.165, 1.54) is 24.1 Å². The summed E-state index contributed by atoms with van der Waals surface area (Å²) in [6.07, 6.45) is 2.38. The fourth-order valence-corrected chi connectivity index (χ4v) is 4.61. The maximum Gasteiger partial charge on any atom is 0.193 e. The molecule has 0 bridgehead atoms. The van der Waals surface area contributed by atoms with Crippen LogP contribution in [0.1, 0.15) is 31.2 Å². The van der Waals surface area contributed by atoms with Crippen molar-refractivity contribution in [3.63, 3.8) is 0 Å². The summed E-state index contributed by atoms with van der Waals surface area (Å²) >= 11 is 0. The van der Waals surface area contributed by atoms with E-state index in [-0.39, 0.29) is 24.0 Å². The number of nitrogens with zero attached hydrogens (tertiary/aromatic N) is 3.